The molecule has 0 saturated carbocycles. The van der Waals surface area contributed by atoms with Gasteiger partial charge in [0.1, 0.15) is 16.6 Å². The molecule has 15 nitrogen and oxygen atoms in total. The molecular weight excluding hydrogens is 885 g/mol. The van der Waals surface area contributed by atoms with E-state index >= 15 is 4.39 Å². The van der Waals surface area contributed by atoms with Crippen molar-refractivity contribution in [2.75, 3.05) is 61.3 Å². The van der Waals surface area contributed by atoms with Crippen molar-refractivity contribution in [1.82, 2.24) is 30.0 Å². The number of ketones is 1. The fourth-order valence-corrected chi connectivity index (χ4v) is 11.0. The quantitative estimate of drug-likeness (QED) is 0.0854. The van der Waals surface area contributed by atoms with Crippen LogP contribution in [0.25, 0.3) is 0 Å². The Kier molecular flexibility index (Phi) is 14.3. The van der Waals surface area contributed by atoms with Gasteiger partial charge in [-0.25, -0.2) is 17.8 Å². The number of aromatic nitrogens is 2. The number of carbonyl (C=O) groups is 3. The van der Waals surface area contributed by atoms with Crippen LogP contribution in [0.3, 0.4) is 0 Å². The molecule has 5 heterocycles. The molecule has 2 unspecified atom stereocenters. The van der Waals surface area contributed by atoms with Crippen LogP contribution in [0.2, 0.25) is 5.02 Å². The molecular formula is C48H59ClFN9O6S. The highest BCUT2D eigenvalue weighted by molar-refractivity contribution is 7.92. The van der Waals surface area contributed by atoms with Crippen LogP contribution in [0, 0.1) is 12.7 Å². The second-order valence-electron chi connectivity index (χ2n) is 18.3. The Morgan fingerprint density at radius 2 is 1.71 bits per heavy atom. The van der Waals surface area contributed by atoms with Crippen LogP contribution in [-0.4, -0.2) is 126 Å². The number of nitrogens with one attached hydrogen (secondary N) is 3. The van der Waals surface area contributed by atoms with Crippen molar-refractivity contribution < 1.29 is 31.9 Å². The second-order valence-corrected chi connectivity index (χ2v) is 21.2. The van der Waals surface area contributed by atoms with Crippen LogP contribution in [0.4, 0.5) is 33.2 Å². The van der Waals surface area contributed by atoms with E-state index in [1.807, 2.05) is 26.0 Å². The molecule has 2 atom stereocenters. The van der Waals surface area contributed by atoms with Crippen molar-refractivity contribution >= 4 is 68.2 Å². The molecule has 0 radical (unpaired) electrons. The Morgan fingerprint density at radius 3 is 2.39 bits per heavy atom. The molecule has 0 spiro atoms. The third-order valence-electron chi connectivity index (χ3n) is 13.2. The summed E-state index contributed by atoms with van der Waals surface area (Å²) in [5.41, 5.74) is 4.93. The molecule has 66 heavy (non-hydrogen) atoms. The highest BCUT2D eigenvalue weighted by atomic mass is 35.5. The average molecular weight is 945 g/mol. The Hall–Kier alpha value is -5.20. The number of anilines is 5. The minimum Gasteiger partial charge on any atom is -0.489 e. The standard InChI is InChI=1S/C48H59ClFN9O6S/c1-29(2)65-43-23-41(31(5)20-40(43)54-48-52-25-36(49)46(55-48)53-39-8-6-7-9-44(39)66(63,64)30(3)4)58-14-12-34(13-15-58)57-18-16-56(17-19-57)26-32-21-33-27-59(47(62)45(33)37(50)22-32)35-10-11-38(51-24-35)42(61)28-60/h6-9,20-23,25,28-30,34-35,38,51H,10-19,24,26-27H2,1-5H3,(H2,52,53,54,55). The summed E-state index contributed by atoms with van der Waals surface area (Å²) in [4.78, 5) is 54.4. The van der Waals surface area contributed by atoms with E-state index in [2.05, 4.69) is 53.6 Å². The fourth-order valence-electron chi connectivity index (χ4n) is 9.63. The summed E-state index contributed by atoms with van der Waals surface area (Å²) < 4.78 is 48.1. The Morgan fingerprint density at radius 1 is 0.970 bits per heavy atom. The molecule has 1 aromatic heterocycles. The number of carbonyl (C=O) groups excluding carboxylic acids is 3. The lowest BCUT2D eigenvalue weighted by molar-refractivity contribution is -0.131. The summed E-state index contributed by atoms with van der Waals surface area (Å²) in [5, 5.41) is 9.15. The van der Waals surface area contributed by atoms with Crippen LogP contribution >= 0.6 is 11.6 Å². The first kappa shape index (κ1) is 47.3. The number of rotatable bonds is 15. The zero-order valence-corrected chi connectivity index (χ0v) is 39.7. The number of hydrogen-bond donors (Lipinski definition) is 3. The third-order valence-corrected chi connectivity index (χ3v) is 15.7. The maximum absolute atomic E-state index is 15.5. The lowest BCUT2D eigenvalue weighted by atomic mass is 9.97. The van der Waals surface area contributed by atoms with Gasteiger partial charge in [-0.3, -0.25) is 24.2 Å². The van der Waals surface area contributed by atoms with Crippen molar-refractivity contribution in [3.63, 3.8) is 0 Å². The molecule has 352 valence electrons. The number of aryl methyl sites for hydroxylation is 1. The van der Waals surface area contributed by atoms with Crippen LogP contribution in [0.1, 0.15) is 80.4 Å². The third kappa shape index (κ3) is 10.2. The van der Waals surface area contributed by atoms with E-state index in [0.717, 1.165) is 68.9 Å². The number of para-hydroxylation sites is 1. The summed E-state index contributed by atoms with van der Waals surface area (Å²) in [7, 11) is -3.58. The van der Waals surface area contributed by atoms with Crippen molar-refractivity contribution in [2.45, 2.75) is 108 Å². The smallest absolute Gasteiger partial charge is 0.257 e. The number of Topliss-reactive ketones (excluding diaryl/α,β-unsaturated/α-hetero) is 1. The van der Waals surface area contributed by atoms with Crippen LogP contribution < -0.4 is 25.6 Å². The van der Waals surface area contributed by atoms with Gasteiger partial charge in [0.25, 0.3) is 5.91 Å². The first-order valence-electron chi connectivity index (χ1n) is 22.9. The monoisotopic (exact) mass is 943 g/mol. The van der Waals surface area contributed by atoms with E-state index in [1.54, 1.807) is 43.0 Å². The molecule has 4 aliphatic heterocycles. The predicted molar refractivity (Wildman–Crippen MR) is 254 cm³/mol. The normalized spacial score (nSPS) is 19.9. The summed E-state index contributed by atoms with van der Waals surface area (Å²) in [5.74, 6) is -0.109. The van der Waals surface area contributed by atoms with Gasteiger partial charge in [0.2, 0.25) is 11.7 Å². The zero-order chi connectivity index (χ0) is 46.9. The molecule has 3 aromatic carbocycles. The van der Waals surface area contributed by atoms with E-state index in [-0.39, 0.29) is 45.3 Å². The zero-order valence-electron chi connectivity index (χ0n) is 38.1. The second kappa shape index (κ2) is 20.0. The maximum Gasteiger partial charge on any atom is 0.257 e. The fraction of sp³-hybridized carbons (Fsp3) is 0.479. The summed E-state index contributed by atoms with van der Waals surface area (Å²) in [6.45, 7) is 16.0. The van der Waals surface area contributed by atoms with E-state index in [9.17, 15) is 22.8 Å². The van der Waals surface area contributed by atoms with E-state index in [1.165, 1.54) is 12.3 Å². The van der Waals surface area contributed by atoms with Gasteiger partial charge in [0.05, 0.1) is 45.4 Å². The molecule has 3 saturated heterocycles. The van der Waals surface area contributed by atoms with Gasteiger partial charge >= 0.3 is 0 Å². The van der Waals surface area contributed by atoms with Gasteiger partial charge in [0.15, 0.2) is 21.9 Å². The minimum absolute atomic E-state index is 0.103. The number of hydrogen-bond acceptors (Lipinski definition) is 14. The number of halogens is 2. The van der Waals surface area contributed by atoms with Crippen LogP contribution in [-0.2, 0) is 32.5 Å². The van der Waals surface area contributed by atoms with Gasteiger partial charge in [-0.15, -0.1) is 0 Å². The number of sulfone groups is 1. The number of piperazine rings is 1. The molecule has 3 N–H and O–H groups in total. The number of aldehydes is 1. The van der Waals surface area contributed by atoms with Crippen molar-refractivity contribution in [2.24, 2.45) is 0 Å². The molecule has 18 heteroatoms. The number of benzene rings is 3. The molecule has 0 aliphatic carbocycles. The van der Waals surface area contributed by atoms with Gasteiger partial charge in [-0.05, 0) is 101 Å². The summed E-state index contributed by atoms with van der Waals surface area (Å²) >= 11 is 6.53. The Labute approximate surface area is 391 Å². The topological polar surface area (TPSA) is 169 Å². The van der Waals surface area contributed by atoms with E-state index < -0.39 is 32.7 Å². The molecule has 4 aromatic rings. The predicted octanol–water partition coefficient (Wildman–Crippen LogP) is 6.67. The first-order valence-corrected chi connectivity index (χ1v) is 24.8. The average Bonchev–Trinajstić information content (AvgIpc) is 3.64. The number of nitrogens with zero attached hydrogens (tertiary/aromatic N) is 6. The maximum atomic E-state index is 15.5. The van der Waals surface area contributed by atoms with Crippen molar-refractivity contribution in [3.8, 4) is 5.75 Å². The first-order chi connectivity index (χ1) is 31.6. The highest BCUT2D eigenvalue weighted by Gasteiger charge is 2.38. The van der Waals surface area contributed by atoms with Gasteiger partial charge in [-0.1, -0.05) is 29.8 Å². The molecule has 8 rings (SSSR count). The molecule has 1 amide bonds. The number of piperidine rings is 2. The molecule has 3 fully saturated rings. The van der Waals surface area contributed by atoms with Crippen molar-refractivity contribution in [1.29, 1.82) is 0 Å². The summed E-state index contributed by atoms with van der Waals surface area (Å²) in [6.07, 6.45) is 4.77. The van der Waals surface area contributed by atoms with Crippen LogP contribution in [0.5, 0.6) is 5.75 Å². The lowest BCUT2D eigenvalue weighted by Crippen LogP contribution is -2.53. The minimum atomic E-state index is -3.58. The number of fused-ring (bicyclic) bond motifs is 1. The molecule has 0 bridgehead atoms. The number of amides is 1. The Balaban J connectivity index is 0.861. The summed E-state index contributed by atoms with van der Waals surface area (Å²) in [6, 6.07) is 14.0. The molecule has 4 aliphatic rings. The van der Waals surface area contributed by atoms with Gasteiger partial charge in [0, 0.05) is 82.7 Å². The number of ether oxygens (including phenoxy) is 1. The highest BCUT2D eigenvalue weighted by Crippen LogP contribution is 2.38. The van der Waals surface area contributed by atoms with E-state index in [0.29, 0.717) is 67.5 Å². The Bertz CT molecular complexity index is 2580. The van der Waals surface area contributed by atoms with Gasteiger partial charge < -0.3 is 30.5 Å². The SMILES string of the molecule is Cc1cc(Nc2ncc(Cl)c(Nc3ccccc3S(=O)(=O)C(C)C)n2)c(OC(C)C)cc1N1CCC(N2CCN(Cc3cc(F)c4c(c3)CN(C3CCC(C(=O)C=O)NC3)C4=O)CC2)CC1. The van der Waals surface area contributed by atoms with E-state index in [4.69, 9.17) is 16.3 Å². The van der Waals surface area contributed by atoms with Crippen molar-refractivity contribution in [3.05, 3.63) is 87.8 Å². The largest absolute Gasteiger partial charge is 0.489 e. The van der Waals surface area contributed by atoms with Gasteiger partial charge in [-0.2, -0.15) is 4.98 Å². The van der Waals surface area contributed by atoms with Crippen LogP contribution in [0.15, 0.2) is 59.6 Å². The lowest BCUT2D eigenvalue weighted by Gasteiger charge is -2.43.